The number of hydrogen-bond acceptors (Lipinski definition) is 3. The molecular formula is C14H7Cl2FN2OS. The van der Waals surface area contributed by atoms with Gasteiger partial charge in [0.2, 0.25) is 0 Å². The molecule has 1 N–H and O–H groups in total. The van der Waals surface area contributed by atoms with Crippen LogP contribution in [0, 0.1) is 5.82 Å². The largest absolute Gasteiger partial charge is 0.298 e. The molecule has 2 aromatic carbocycles. The van der Waals surface area contributed by atoms with Crippen LogP contribution in [0.3, 0.4) is 0 Å². The van der Waals surface area contributed by atoms with Gasteiger partial charge in [0.15, 0.2) is 5.13 Å². The fourth-order valence-corrected chi connectivity index (χ4v) is 3.18. The maximum atomic E-state index is 12.8. The van der Waals surface area contributed by atoms with Crippen molar-refractivity contribution in [3.8, 4) is 0 Å². The van der Waals surface area contributed by atoms with Crippen molar-refractivity contribution in [3.05, 3.63) is 57.8 Å². The number of carbonyl (C=O) groups excluding carboxylic acids is 1. The summed E-state index contributed by atoms with van der Waals surface area (Å²) in [5.41, 5.74) is 0.886. The van der Waals surface area contributed by atoms with Gasteiger partial charge >= 0.3 is 0 Å². The quantitative estimate of drug-likeness (QED) is 0.713. The maximum Gasteiger partial charge on any atom is 0.257 e. The minimum atomic E-state index is -0.398. The zero-order chi connectivity index (χ0) is 15.0. The molecule has 3 rings (SSSR count). The van der Waals surface area contributed by atoms with Crippen LogP contribution in [-0.2, 0) is 0 Å². The van der Waals surface area contributed by atoms with Crippen LogP contribution in [0.1, 0.15) is 10.4 Å². The lowest BCUT2D eigenvalue weighted by atomic mass is 10.2. The predicted octanol–water partition coefficient (Wildman–Crippen LogP) is 4.99. The first-order valence-corrected chi connectivity index (χ1v) is 7.43. The van der Waals surface area contributed by atoms with Crippen LogP contribution in [0.4, 0.5) is 9.52 Å². The Morgan fingerprint density at radius 3 is 2.43 bits per heavy atom. The van der Waals surface area contributed by atoms with Gasteiger partial charge in [-0.2, -0.15) is 0 Å². The Morgan fingerprint density at radius 1 is 1.10 bits per heavy atom. The molecule has 7 heteroatoms. The normalized spacial score (nSPS) is 10.8. The van der Waals surface area contributed by atoms with E-state index in [1.165, 1.54) is 35.6 Å². The van der Waals surface area contributed by atoms with E-state index >= 15 is 0 Å². The molecule has 106 valence electrons. The average molecular weight is 341 g/mol. The molecule has 0 atom stereocenters. The summed E-state index contributed by atoms with van der Waals surface area (Å²) < 4.78 is 13.5. The van der Waals surface area contributed by atoms with Crippen molar-refractivity contribution in [1.82, 2.24) is 4.98 Å². The van der Waals surface area contributed by atoms with Crippen LogP contribution < -0.4 is 5.32 Å². The number of carbonyl (C=O) groups is 1. The standard InChI is InChI=1S/C14H7Cl2FN2OS/c15-9-5-6-10(16)12-11(9)18-14(21-12)19-13(20)7-1-3-8(17)4-2-7/h1-6H,(H,18,19,20). The van der Waals surface area contributed by atoms with Gasteiger partial charge in [0.1, 0.15) is 11.3 Å². The molecule has 0 radical (unpaired) electrons. The molecule has 1 heterocycles. The van der Waals surface area contributed by atoms with E-state index in [-0.39, 0.29) is 5.91 Å². The molecule has 0 aliphatic rings. The molecule has 0 aliphatic carbocycles. The smallest absolute Gasteiger partial charge is 0.257 e. The first-order valence-electron chi connectivity index (χ1n) is 5.86. The van der Waals surface area contributed by atoms with Crippen LogP contribution in [0.2, 0.25) is 10.0 Å². The van der Waals surface area contributed by atoms with Crippen molar-refractivity contribution in [2.45, 2.75) is 0 Å². The number of nitrogens with zero attached hydrogens (tertiary/aromatic N) is 1. The number of thiazole rings is 1. The van der Waals surface area contributed by atoms with E-state index in [1.54, 1.807) is 12.1 Å². The Bertz CT molecular complexity index is 794. The number of fused-ring (bicyclic) bond motifs is 1. The van der Waals surface area contributed by atoms with Crippen molar-refractivity contribution >= 4 is 55.8 Å². The number of hydrogen-bond donors (Lipinski definition) is 1. The molecular weight excluding hydrogens is 334 g/mol. The third-order valence-electron chi connectivity index (χ3n) is 2.77. The second kappa shape index (κ2) is 5.60. The highest BCUT2D eigenvalue weighted by Gasteiger charge is 2.13. The monoisotopic (exact) mass is 340 g/mol. The van der Waals surface area contributed by atoms with Gasteiger partial charge in [0.25, 0.3) is 5.91 Å². The summed E-state index contributed by atoms with van der Waals surface area (Å²) in [5.74, 6) is -0.772. The van der Waals surface area contributed by atoms with Crippen molar-refractivity contribution in [3.63, 3.8) is 0 Å². The van der Waals surface area contributed by atoms with E-state index in [9.17, 15) is 9.18 Å². The molecule has 0 saturated carbocycles. The Balaban J connectivity index is 1.91. The van der Waals surface area contributed by atoms with Crippen LogP contribution in [0.15, 0.2) is 36.4 Å². The topological polar surface area (TPSA) is 42.0 Å². The highest BCUT2D eigenvalue weighted by Crippen LogP contribution is 2.36. The fraction of sp³-hybridized carbons (Fsp3) is 0. The van der Waals surface area contributed by atoms with Gasteiger partial charge in [-0.1, -0.05) is 34.5 Å². The summed E-state index contributed by atoms with van der Waals surface area (Å²) in [6.07, 6.45) is 0. The van der Waals surface area contributed by atoms with Crippen LogP contribution in [0.25, 0.3) is 10.2 Å². The number of amides is 1. The molecule has 3 aromatic rings. The van der Waals surface area contributed by atoms with Gasteiger partial charge < -0.3 is 0 Å². The maximum absolute atomic E-state index is 12.8. The van der Waals surface area contributed by atoms with E-state index in [1.807, 2.05) is 0 Å². The van der Waals surface area contributed by atoms with Crippen molar-refractivity contribution < 1.29 is 9.18 Å². The summed E-state index contributed by atoms with van der Waals surface area (Å²) >= 11 is 13.3. The van der Waals surface area contributed by atoms with E-state index in [4.69, 9.17) is 23.2 Å². The Hall–Kier alpha value is -1.69. The SMILES string of the molecule is O=C(Nc1nc2c(Cl)ccc(Cl)c2s1)c1ccc(F)cc1. The van der Waals surface area contributed by atoms with Crippen molar-refractivity contribution in [2.75, 3.05) is 5.32 Å². The molecule has 1 amide bonds. The number of rotatable bonds is 2. The average Bonchev–Trinajstić information content (AvgIpc) is 2.89. The first kappa shape index (κ1) is 14.3. The van der Waals surface area contributed by atoms with Gasteiger partial charge in [-0.3, -0.25) is 10.1 Å². The molecule has 0 unspecified atom stereocenters. The molecule has 0 bridgehead atoms. The highest BCUT2D eigenvalue weighted by molar-refractivity contribution is 7.23. The number of nitrogens with one attached hydrogen (secondary N) is 1. The van der Waals surface area contributed by atoms with Gasteiger partial charge in [-0.25, -0.2) is 9.37 Å². The summed E-state index contributed by atoms with van der Waals surface area (Å²) in [5, 5.41) is 4.02. The first-order chi connectivity index (χ1) is 10.0. The highest BCUT2D eigenvalue weighted by atomic mass is 35.5. The van der Waals surface area contributed by atoms with Crippen LogP contribution in [-0.4, -0.2) is 10.9 Å². The van der Waals surface area contributed by atoms with Gasteiger partial charge in [-0.15, -0.1) is 0 Å². The van der Waals surface area contributed by atoms with Crippen LogP contribution in [0.5, 0.6) is 0 Å². The minimum absolute atomic E-state index is 0.341. The zero-order valence-corrected chi connectivity index (χ0v) is 12.7. The Kier molecular flexibility index (Phi) is 3.80. The third kappa shape index (κ3) is 2.85. The molecule has 21 heavy (non-hydrogen) atoms. The van der Waals surface area contributed by atoms with E-state index in [0.29, 0.717) is 31.0 Å². The van der Waals surface area contributed by atoms with E-state index in [2.05, 4.69) is 10.3 Å². The molecule has 3 nitrogen and oxygen atoms in total. The van der Waals surface area contributed by atoms with E-state index in [0.717, 1.165) is 0 Å². The lowest BCUT2D eigenvalue weighted by Crippen LogP contribution is -2.11. The van der Waals surface area contributed by atoms with Crippen LogP contribution >= 0.6 is 34.5 Å². The molecule has 0 spiro atoms. The summed E-state index contributed by atoms with van der Waals surface area (Å²) in [4.78, 5) is 16.3. The lowest BCUT2D eigenvalue weighted by molar-refractivity contribution is 0.102. The predicted molar refractivity (Wildman–Crippen MR) is 84.0 cm³/mol. The Labute approximate surface area is 133 Å². The lowest BCUT2D eigenvalue weighted by Gasteiger charge is -2.00. The number of benzene rings is 2. The number of halogens is 3. The van der Waals surface area contributed by atoms with Gasteiger partial charge in [-0.05, 0) is 36.4 Å². The zero-order valence-electron chi connectivity index (χ0n) is 10.4. The minimum Gasteiger partial charge on any atom is -0.298 e. The molecule has 1 aromatic heterocycles. The second-order valence-electron chi connectivity index (χ2n) is 4.19. The second-order valence-corrected chi connectivity index (χ2v) is 6.00. The molecule has 0 saturated heterocycles. The molecule has 0 aliphatic heterocycles. The van der Waals surface area contributed by atoms with Gasteiger partial charge in [0, 0.05) is 5.56 Å². The summed E-state index contributed by atoms with van der Waals surface area (Å²) in [6, 6.07) is 8.57. The van der Waals surface area contributed by atoms with E-state index < -0.39 is 5.82 Å². The summed E-state index contributed by atoms with van der Waals surface area (Å²) in [7, 11) is 0. The number of aromatic nitrogens is 1. The number of anilines is 1. The summed E-state index contributed by atoms with van der Waals surface area (Å²) in [6.45, 7) is 0. The van der Waals surface area contributed by atoms with Crippen molar-refractivity contribution in [2.24, 2.45) is 0 Å². The molecule has 0 fully saturated rings. The third-order valence-corrected chi connectivity index (χ3v) is 4.51. The Morgan fingerprint density at radius 2 is 1.76 bits per heavy atom. The fourth-order valence-electron chi connectivity index (χ4n) is 1.77. The van der Waals surface area contributed by atoms with Crippen molar-refractivity contribution in [1.29, 1.82) is 0 Å². The van der Waals surface area contributed by atoms with Gasteiger partial charge in [0.05, 0.1) is 14.7 Å².